The van der Waals surface area contributed by atoms with Gasteiger partial charge in [0.05, 0.1) is 42.6 Å². The Hall–Kier alpha value is -4.24. The summed E-state index contributed by atoms with van der Waals surface area (Å²) in [5.74, 6) is -2.11. The smallest absolute Gasteiger partial charge is 0.337 e. The van der Waals surface area contributed by atoms with E-state index in [4.69, 9.17) is 4.74 Å². The number of fused-ring (bicyclic) bond motifs is 1. The second-order valence-corrected chi connectivity index (χ2v) is 7.88. The molecule has 0 saturated heterocycles. The van der Waals surface area contributed by atoms with E-state index in [1.54, 1.807) is 36.4 Å². The van der Waals surface area contributed by atoms with Crippen LogP contribution in [0.1, 0.15) is 15.9 Å². The number of rotatable bonds is 7. The van der Waals surface area contributed by atoms with Crippen molar-refractivity contribution in [3.63, 3.8) is 0 Å². The number of benzene rings is 2. The Morgan fingerprint density at radius 3 is 2.68 bits per heavy atom. The molecule has 1 amide bonds. The number of aliphatic hydroxyl groups is 1. The molecule has 9 nitrogen and oxygen atoms in total. The molecule has 9 heteroatoms. The third-order valence-corrected chi connectivity index (χ3v) is 5.58. The number of carboxylic acid groups (broad SMARTS) is 1. The van der Waals surface area contributed by atoms with Gasteiger partial charge in [0.1, 0.15) is 5.70 Å². The van der Waals surface area contributed by atoms with E-state index in [0.717, 1.165) is 5.56 Å². The van der Waals surface area contributed by atoms with Crippen molar-refractivity contribution in [3.8, 4) is 11.3 Å². The lowest BCUT2D eigenvalue weighted by molar-refractivity contribution is -0.136. The lowest BCUT2D eigenvalue weighted by Crippen LogP contribution is -2.31. The van der Waals surface area contributed by atoms with E-state index in [1.807, 2.05) is 13.0 Å². The predicted octanol–water partition coefficient (Wildman–Crippen LogP) is 2.58. The van der Waals surface area contributed by atoms with Gasteiger partial charge in [0.25, 0.3) is 5.91 Å². The number of nitrogens with zero attached hydrogens (tertiary/aromatic N) is 2. The molecule has 1 aliphatic rings. The highest BCUT2D eigenvalue weighted by molar-refractivity contribution is 6.08. The monoisotopic (exact) mass is 461 g/mol. The van der Waals surface area contributed by atoms with Gasteiger partial charge in [-0.25, -0.2) is 14.6 Å². The van der Waals surface area contributed by atoms with Gasteiger partial charge in [-0.05, 0) is 37.3 Å². The first-order valence-electron chi connectivity index (χ1n) is 10.6. The number of aliphatic hydroxyl groups excluding tert-OH is 1. The molecule has 174 valence electrons. The molecule has 3 N–H and O–H groups in total. The molecule has 34 heavy (non-hydrogen) atoms. The molecule has 1 aromatic heterocycles. The van der Waals surface area contributed by atoms with Crippen LogP contribution in [-0.4, -0.2) is 64.7 Å². The molecular weight excluding hydrogens is 438 g/mol. The lowest BCUT2D eigenvalue weighted by Gasteiger charge is -2.15. The average molecular weight is 461 g/mol. The molecule has 0 aliphatic carbocycles. The Balaban J connectivity index is 1.73. The van der Waals surface area contributed by atoms with Gasteiger partial charge >= 0.3 is 11.9 Å². The first kappa shape index (κ1) is 22.9. The van der Waals surface area contributed by atoms with E-state index in [0.29, 0.717) is 27.8 Å². The summed E-state index contributed by atoms with van der Waals surface area (Å²) in [6.07, 6.45) is 0. The van der Waals surface area contributed by atoms with Crippen molar-refractivity contribution in [2.24, 2.45) is 0 Å². The third kappa shape index (κ3) is 4.33. The molecule has 2 aromatic carbocycles. The number of aryl methyl sites for hydroxylation is 1. The Morgan fingerprint density at radius 1 is 1.18 bits per heavy atom. The number of carboxylic acids is 1. The molecule has 0 atom stereocenters. The normalized spacial score (nSPS) is 13.5. The Bertz CT molecular complexity index is 1350. The summed E-state index contributed by atoms with van der Waals surface area (Å²) >= 11 is 0. The zero-order valence-electron chi connectivity index (χ0n) is 18.7. The van der Waals surface area contributed by atoms with Gasteiger partial charge in [0.2, 0.25) is 0 Å². The lowest BCUT2D eigenvalue weighted by atomic mass is 10.0. The van der Waals surface area contributed by atoms with Crippen LogP contribution in [0.2, 0.25) is 0 Å². The van der Waals surface area contributed by atoms with Crippen molar-refractivity contribution in [1.29, 1.82) is 0 Å². The van der Waals surface area contributed by atoms with Gasteiger partial charge in [0.15, 0.2) is 0 Å². The fourth-order valence-electron chi connectivity index (χ4n) is 3.91. The molecule has 0 spiro atoms. The van der Waals surface area contributed by atoms with E-state index < -0.39 is 17.8 Å². The van der Waals surface area contributed by atoms with E-state index >= 15 is 0 Å². The molecule has 1 aliphatic heterocycles. The topological polar surface area (TPSA) is 129 Å². The van der Waals surface area contributed by atoms with Crippen LogP contribution >= 0.6 is 0 Å². The maximum absolute atomic E-state index is 12.8. The van der Waals surface area contributed by atoms with Crippen molar-refractivity contribution in [2.45, 2.75) is 6.92 Å². The largest absolute Gasteiger partial charge is 0.478 e. The van der Waals surface area contributed by atoms with Gasteiger partial charge in [-0.1, -0.05) is 23.8 Å². The van der Waals surface area contributed by atoms with E-state index in [-0.39, 0.29) is 36.5 Å². The zero-order valence-corrected chi connectivity index (χ0v) is 18.7. The Kier molecular flexibility index (Phi) is 6.29. The summed E-state index contributed by atoms with van der Waals surface area (Å²) in [4.78, 5) is 42.9. The molecule has 0 bridgehead atoms. The zero-order chi connectivity index (χ0) is 24.4. The van der Waals surface area contributed by atoms with E-state index in [9.17, 15) is 24.6 Å². The summed E-state index contributed by atoms with van der Waals surface area (Å²) in [7, 11) is 1.24. The number of β-amino-alcohol motifs (C(OH)–C–C–N with tert-alkyl or cyclic N) is 1. The summed E-state index contributed by atoms with van der Waals surface area (Å²) in [5, 5.41) is 22.5. The van der Waals surface area contributed by atoms with E-state index in [1.165, 1.54) is 18.1 Å². The quantitative estimate of drug-likeness (QED) is 0.458. The number of aromatic nitrogens is 1. The molecular formula is C25H23N3O6. The Labute approximate surface area is 195 Å². The summed E-state index contributed by atoms with van der Waals surface area (Å²) < 4.78 is 4.81. The first-order chi connectivity index (χ1) is 16.3. The summed E-state index contributed by atoms with van der Waals surface area (Å²) in [6, 6.07) is 13.9. The number of methoxy groups -OCH3 is 1. The van der Waals surface area contributed by atoms with Gasteiger partial charge in [-0.15, -0.1) is 0 Å². The number of esters is 1. The second-order valence-electron chi connectivity index (χ2n) is 7.88. The maximum Gasteiger partial charge on any atom is 0.337 e. The predicted molar refractivity (Wildman–Crippen MR) is 125 cm³/mol. The number of anilines is 1. The number of carbonyl (C=O) groups excluding carboxylic acids is 2. The van der Waals surface area contributed by atoms with Crippen molar-refractivity contribution in [3.05, 3.63) is 70.9 Å². The standard InChI is InChI=1S/C25H23N3O6/c1-14-6-7-20-17(10-14)18(24(31)32)12-21(27-20)15-4-3-5-16(11-15)26-22-19(25(33)34-2)13-28(8-9-29)23(22)30/h3-7,10-12,26,29H,8-9,13H2,1-2H3,(H,31,32). The minimum Gasteiger partial charge on any atom is -0.478 e. The first-order valence-corrected chi connectivity index (χ1v) is 10.6. The van der Waals surface area contributed by atoms with Gasteiger partial charge in [-0.2, -0.15) is 0 Å². The number of amides is 1. The maximum atomic E-state index is 12.8. The second kappa shape index (κ2) is 9.32. The van der Waals surface area contributed by atoms with Crippen LogP contribution in [0.4, 0.5) is 5.69 Å². The van der Waals surface area contributed by atoms with Gasteiger partial charge < -0.3 is 25.2 Å². The average Bonchev–Trinajstić information content (AvgIpc) is 3.13. The van der Waals surface area contributed by atoms with Crippen LogP contribution in [0.3, 0.4) is 0 Å². The number of carbonyl (C=O) groups is 3. The van der Waals surface area contributed by atoms with Gasteiger partial charge in [-0.3, -0.25) is 4.79 Å². The number of hydrogen-bond acceptors (Lipinski definition) is 7. The fourth-order valence-corrected chi connectivity index (χ4v) is 3.91. The summed E-state index contributed by atoms with van der Waals surface area (Å²) in [6.45, 7) is 1.77. The number of hydrogen-bond donors (Lipinski definition) is 3. The van der Waals surface area contributed by atoms with Crippen LogP contribution in [0.25, 0.3) is 22.2 Å². The highest BCUT2D eigenvalue weighted by Gasteiger charge is 2.34. The van der Waals surface area contributed by atoms with Crippen LogP contribution in [0.5, 0.6) is 0 Å². The fraction of sp³-hybridized carbons (Fsp3) is 0.200. The summed E-state index contributed by atoms with van der Waals surface area (Å²) in [5.41, 5.74) is 3.47. The highest BCUT2D eigenvalue weighted by atomic mass is 16.5. The molecule has 0 unspecified atom stereocenters. The molecule has 3 aromatic rings. The minimum atomic E-state index is -1.05. The molecule has 2 heterocycles. The number of ether oxygens (including phenoxy) is 1. The molecule has 0 saturated carbocycles. The Morgan fingerprint density at radius 2 is 1.97 bits per heavy atom. The molecule has 0 radical (unpaired) electrons. The molecule has 4 rings (SSSR count). The van der Waals surface area contributed by atoms with Crippen LogP contribution in [0.15, 0.2) is 59.8 Å². The van der Waals surface area contributed by atoms with Crippen molar-refractivity contribution in [2.75, 3.05) is 32.1 Å². The van der Waals surface area contributed by atoms with Crippen molar-refractivity contribution < 1.29 is 29.3 Å². The van der Waals surface area contributed by atoms with E-state index in [2.05, 4.69) is 10.3 Å². The van der Waals surface area contributed by atoms with Crippen molar-refractivity contribution >= 4 is 34.4 Å². The number of aromatic carboxylic acids is 1. The highest BCUT2D eigenvalue weighted by Crippen LogP contribution is 2.29. The minimum absolute atomic E-state index is 0.0295. The number of pyridine rings is 1. The van der Waals surface area contributed by atoms with Crippen LogP contribution < -0.4 is 5.32 Å². The van der Waals surface area contributed by atoms with Crippen LogP contribution in [-0.2, 0) is 14.3 Å². The van der Waals surface area contributed by atoms with Crippen LogP contribution in [0, 0.1) is 6.92 Å². The van der Waals surface area contributed by atoms with Crippen molar-refractivity contribution in [1.82, 2.24) is 9.88 Å². The SMILES string of the molecule is COC(=O)C1=C(Nc2cccc(-c3cc(C(=O)O)c4cc(C)ccc4n3)c2)C(=O)N(CCO)C1. The third-order valence-electron chi connectivity index (χ3n) is 5.58. The van der Waals surface area contributed by atoms with Gasteiger partial charge in [0, 0.05) is 23.2 Å². The molecule has 0 fully saturated rings. The number of nitrogens with one attached hydrogen (secondary N) is 1.